The third-order valence-electron chi connectivity index (χ3n) is 5.62. The molecule has 156 valence electrons. The zero-order valence-electron chi connectivity index (χ0n) is 17.2. The molecular weight excluding hydrogens is 393 g/mol. The van der Waals surface area contributed by atoms with Crippen LogP contribution in [0.3, 0.4) is 0 Å². The van der Waals surface area contributed by atoms with Crippen LogP contribution in [0.25, 0.3) is 22.5 Å². The Hall–Kier alpha value is -3.68. The molecule has 0 aliphatic heterocycles. The number of fused-ring (bicyclic) bond motifs is 1. The van der Waals surface area contributed by atoms with Crippen LogP contribution in [0, 0.1) is 12.7 Å². The summed E-state index contributed by atoms with van der Waals surface area (Å²) in [7, 11) is 0. The third kappa shape index (κ3) is 3.88. The number of hydrogen-bond donors (Lipinski definition) is 2. The summed E-state index contributed by atoms with van der Waals surface area (Å²) in [5.41, 5.74) is 5.28. The van der Waals surface area contributed by atoms with Gasteiger partial charge in [0.1, 0.15) is 17.5 Å². The molecule has 2 aromatic heterocycles. The molecule has 4 aromatic rings. The molecule has 5 rings (SSSR count). The highest BCUT2D eigenvalue weighted by Crippen LogP contribution is 2.31. The lowest BCUT2D eigenvalue weighted by Gasteiger charge is -2.19. The van der Waals surface area contributed by atoms with E-state index in [1.54, 1.807) is 6.07 Å². The smallest absolute Gasteiger partial charge is 0.205 e. The molecule has 0 saturated heterocycles. The second kappa shape index (κ2) is 8.22. The maximum absolute atomic E-state index is 15.0. The summed E-state index contributed by atoms with van der Waals surface area (Å²) in [5.74, 6) is 1.78. The van der Waals surface area contributed by atoms with E-state index in [0.717, 1.165) is 59.7 Å². The van der Waals surface area contributed by atoms with Crippen molar-refractivity contribution in [1.29, 1.82) is 0 Å². The molecule has 0 radical (unpaired) electrons. The molecule has 1 aliphatic rings. The van der Waals surface area contributed by atoms with Crippen molar-refractivity contribution in [2.24, 2.45) is 0 Å². The maximum atomic E-state index is 15.0. The van der Waals surface area contributed by atoms with Gasteiger partial charge in [0.05, 0.1) is 0 Å². The van der Waals surface area contributed by atoms with Gasteiger partial charge in [-0.15, -0.1) is 10.2 Å². The van der Waals surface area contributed by atoms with Gasteiger partial charge in [-0.05, 0) is 55.0 Å². The van der Waals surface area contributed by atoms with Crippen LogP contribution in [-0.4, -0.2) is 30.6 Å². The van der Waals surface area contributed by atoms with E-state index in [1.807, 2.05) is 43.3 Å². The van der Waals surface area contributed by atoms with Gasteiger partial charge in [0, 0.05) is 28.9 Å². The summed E-state index contributed by atoms with van der Waals surface area (Å²) in [5, 5.41) is 17.5. The van der Waals surface area contributed by atoms with Crippen molar-refractivity contribution < 1.29 is 4.39 Å². The monoisotopic (exact) mass is 415 g/mol. The Morgan fingerprint density at radius 1 is 1.03 bits per heavy atom. The summed E-state index contributed by atoms with van der Waals surface area (Å²) >= 11 is 0. The van der Waals surface area contributed by atoms with E-state index in [0.29, 0.717) is 17.9 Å². The van der Waals surface area contributed by atoms with E-state index < -0.39 is 0 Å². The third-order valence-corrected chi connectivity index (χ3v) is 5.62. The normalized spacial score (nSPS) is 13.1. The molecule has 2 N–H and O–H groups in total. The van der Waals surface area contributed by atoms with Crippen LogP contribution in [0.1, 0.15) is 35.5 Å². The Balaban J connectivity index is 1.40. The van der Waals surface area contributed by atoms with Crippen LogP contribution in [0.2, 0.25) is 0 Å². The van der Waals surface area contributed by atoms with Crippen molar-refractivity contribution in [2.75, 3.05) is 5.32 Å². The Labute approximate surface area is 179 Å². The molecule has 2 aromatic carbocycles. The number of halogens is 1. The second-order valence-corrected chi connectivity index (χ2v) is 7.69. The summed E-state index contributed by atoms with van der Waals surface area (Å²) in [6.07, 6.45) is 4.24. The van der Waals surface area contributed by atoms with Crippen molar-refractivity contribution >= 4 is 5.82 Å². The SMILES string of the molecule is Cc1nc2c(c(NCc3ccc(-c4ccccc4-c4nn[nH]n4)cc3F)n1)CCCC2. The molecule has 0 spiro atoms. The van der Waals surface area contributed by atoms with Gasteiger partial charge < -0.3 is 5.32 Å². The highest BCUT2D eigenvalue weighted by atomic mass is 19.1. The number of benzene rings is 2. The van der Waals surface area contributed by atoms with Crippen molar-refractivity contribution in [2.45, 2.75) is 39.2 Å². The van der Waals surface area contributed by atoms with Crippen molar-refractivity contribution in [3.05, 3.63) is 70.9 Å². The lowest BCUT2D eigenvalue weighted by atomic mass is 9.96. The number of hydrogen-bond acceptors (Lipinski definition) is 6. The predicted molar refractivity (Wildman–Crippen MR) is 116 cm³/mol. The Kier molecular flexibility index (Phi) is 5.11. The predicted octanol–water partition coefficient (Wildman–Crippen LogP) is 4.26. The quantitative estimate of drug-likeness (QED) is 0.506. The molecule has 0 saturated carbocycles. The molecular formula is C23H22FN7. The van der Waals surface area contributed by atoms with E-state index in [1.165, 1.54) is 5.56 Å². The van der Waals surface area contributed by atoms with Crippen molar-refractivity contribution in [1.82, 2.24) is 30.6 Å². The highest BCUT2D eigenvalue weighted by molar-refractivity contribution is 5.80. The lowest BCUT2D eigenvalue weighted by molar-refractivity contribution is 0.613. The number of rotatable bonds is 5. The standard InChI is InChI=1S/C23H22FN7/c1-14-26-21-9-5-4-8-19(21)22(27-14)25-13-16-11-10-15(12-20(16)24)17-6-2-3-7-18(17)23-28-30-31-29-23/h2-3,6-7,10-12H,4-5,8-9,13H2,1H3,(H,25,26,27)(H,28,29,30,31). The van der Waals surface area contributed by atoms with Crippen LogP contribution in [-0.2, 0) is 19.4 Å². The van der Waals surface area contributed by atoms with Gasteiger partial charge >= 0.3 is 0 Å². The summed E-state index contributed by atoms with van der Waals surface area (Å²) in [4.78, 5) is 9.15. The summed E-state index contributed by atoms with van der Waals surface area (Å²) in [6.45, 7) is 2.26. The summed E-state index contributed by atoms with van der Waals surface area (Å²) < 4.78 is 15.0. The molecule has 31 heavy (non-hydrogen) atoms. The molecule has 1 aliphatic carbocycles. The van der Waals surface area contributed by atoms with E-state index in [9.17, 15) is 0 Å². The highest BCUT2D eigenvalue weighted by Gasteiger charge is 2.17. The first-order valence-electron chi connectivity index (χ1n) is 10.4. The van der Waals surface area contributed by atoms with E-state index in [4.69, 9.17) is 0 Å². The minimum atomic E-state index is -0.271. The average Bonchev–Trinajstić information content (AvgIpc) is 3.33. The van der Waals surface area contributed by atoms with Crippen LogP contribution in [0.15, 0.2) is 42.5 Å². The van der Waals surface area contributed by atoms with Gasteiger partial charge in [0.15, 0.2) is 0 Å². The van der Waals surface area contributed by atoms with E-state index in [-0.39, 0.29) is 5.82 Å². The first-order valence-corrected chi connectivity index (χ1v) is 10.4. The number of nitrogens with zero attached hydrogens (tertiary/aromatic N) is 5. The molecule has 0 unspecified atom stereocenters. The largest absolute Gasteiger partial charge is 0.366 e. The minimum Gasteiger partial charge on any atom is -0.366 e. The van der Waals surface area contributed by atoms with Crippen LogP contribution >= 0.6 is 0 Å². The molecule has 0 atom stereocenters. The molecule has 0 fully saturated rings. The van der Waals surface area contributed by atoms with Gasteiger partial charge in [-0.1, -0.05) is 36.4 Å². The maximum Gasteiger partial charge on any atom is 0.205 e. The number of aromatic nitrogens is 6. The molecule has 0 amide bonds. The van der Waals surface area contributed by atoms with Gasteiger partial charge in [-0.25, -0.2) is 14.4 Å². The Bertz CT molecular complexity index is 1220. The number of nitrogens with one attached hydrogen (secondary N) is 2. The van der Waals surface area contributed by atoms with Gasteiger partial charge in [-0.2, -0.15) is 5.21 Å². The zero-order valence-corrected chi connectivity index (χ0v) is 17.2. The minimum absolute atomic E-state index is 0.271. The van der Waals surface area contributed by atoms with Gasteiger partial charge in [0.25, 0.3) is 0 Å². The number of H-pyrrole nitrogens is 1. The van der Waals surface area contributed by atoms with Crippen LogP contribution in [0.5, 0.6) is 0 Å². The van der Waals surface area contributed by atoms with E-state index >= 15 is 4.39 Å². The topological polar surface area (TPSA) is 92.3 Å². The van der Waals surface area contributed by atoms with Crippen LogP contribution in [0.4, 0.5) is 10.2 Å². The zero-order chi connectivity index (χ0) is 21.2. The fourth-order valence-corrected chi connectivity index (χ4v) is 4.11. The number of aromatic amines is 1. The lowest BCUT2D eigenvalue weighted by Crippen LogP contribution is -2.14. The second-order valence-electron chi connectivity index (χ2n) is 7.69. The Morgan fingerprint density at radius 2 is 1.87 bits per heavy atom. The van der Waals surface area contributed by atoms with Gasteiger partial charge in [-0.3, -0.25) is 0 Å². The van der Waals surface area contributed by atoms with Crippen LogP contribution < -0.4 is 5.32 Å². The first-order chi connectivity index (χ1) is 15.2. The van der Waals surface area contributed by atoms with Gasteiger partial charge in [0.2, 0.25) is 5.82 Å². The number of anilines is 1. The Morgan fingerprint density at radius 3 is 2.68 bits per heavy atom. The average molecular weight is 415 g/mol. The van der Waals surface area contributed by atoms with Crippen molar-refractivity contribution in [3.8, 4) is 22.5 Å². The molecule has 0 bridgehead atoms. The van der Waals surface area contributed by atoms with Crippen molar-refractivity contribution in [3.63, 3.8) is 0 Å². The number of tetrazole rings is 1. The molecule has 7 nitrogen and oxygen atoms in total. The summed E-state index contributed by atoms with van der Waals surface area (Å²) in [6, 6.07) is 12.9. The first kappa shape index (κ1) is 19.3. The van der Waals surface area contributed by atoms with E-state index in [2.05, 4.69) is 35.9 Å². The fraction of sp³-hybridized carbons (Fsp3) is 0.261. The molecule has 2 heterocycles. The molecule has 8 heteroatoms. The number of aryl methyl sites for hydroxylation is 2. The fourth-order valence-electron chi connectivity index (χ4n) is 4.11.